The van der Waals surface area contributed by atoms with Gasteiger partial charge in [-0.1, -0.05) is 12.8 Å². The molecule has 14 heavy (non-hydrogen) atoms. The highest BCUT2D eigenvalue weighted by molar-refractivity contribution is 4.76. The van der Waals surface area contributed by atoms with Crippen LogP contribution in [0.3, 0.4) is 0 Å². The summed E-state index contributed by atoms with van der Waals surface area (Å²) in [6, 6.07) is -0.395. The number of rotatable bonds is 2. The molecule has 86 valence electrons. The average Bonchev–Trinajstić information content (AvgIpc) is 2.22. The molecule has 1 aliphatic rings. The molecule has 2 atom stereocenters. The topological polar surface area (TPSA) is 113 Å². The van der Waals surface area contributed by atoms with Crippen LogP contribution in [0, 0.1) is 0 Å². The monoisotopic (exact) mass is 206 g/mol. The highest BCUT2D eigenvalue weighted by atomic mass is 16.3. The van der Waals surface area contributed by atoms with Gasteiger partial charge in [-0.2, -0.15) is 0 Å². The van der Waals surface area contributed by atoms with E-state index < -0.39 is 6.04 Å². The van der Waals surface area contributed by atoms with Crippen molar-refractivity contribution in [1.29, 1.82) is 0 Å². The summed E-state index contributed by atoms with van der Waals surface area (Å²) in [6.07, 6.45) is 4.03. The van der Waals surface area contributed by atoms with Gasteiger partial charge in [0.2, 0.25) is 0 Å². The van der Waals surface area contributed by atoms with Gasteiger partial charge in [-0.05, 0) is 12.8 Å². The van der Waals surface area contributed by atoms with Crippen molar-refractivity contribution < 1.29 is 15.3 Å². The van der Waals surface area contributed by atoms with Crippen molar-refractivity contribution in [2.75, 3.05) is 13.2 Å². The third kappa shape index (κ3) is 6.28. The fourth-order valence-electron chi connectivity index (χ4n) is 1.20. The zero-order valence-corrected chi connectivity index (χ0v) is 8.47. The van der Waals surface area contributed by atoms with E-state index in [0.29, 0.717) is 0 Å². The predicted octanol–water partition coefficient (Wildman–Crippen LogP) is -1.45. The summed E-state index contributed by atoms with van der Waals surface area (Å²) in [5.74, 6) is 0. The maximum Gasteiger partial charge on any atom is 0.0691 e. The Labute approximate surface area is 84.7 Å². The lowest BCUT2D eigenvalue weighted by molar-refractivity contribution is 0.108. The molecule has 0 bridgehead atoms. The van der Waals surface area contributed by atoms with Crippen molar-refractivity contribution in [1.82, 2.24) is 0 Å². The van der Waals surface area contributed by atoms with Gasteiger partial charge < -0.3 is 26.8 Å². The quantitative estimate of drug-likeness (QED) is 0.379. The molecule has 1 fully saturated rings. The first-order chi connectivity index (χ1) is 6.61. The number of hydrogen-bond donors (Lipinski definition) is 5. The standard InChI is InChI=1S/C6H13NO.C3H9NO2/c7-5-3-1-2-4-6(5)8;4-3(1-5)2-6/h5-6,8H,1-4,7H2;3,5-6H,1-2,4H2. The second-order valence-corrected chi connectivity index (χ2v) is 3.64. The summed E-state index contributed by atoms with van der Waals surface area (Å²) in [5.41, 5.74) is 10.5. The van der Waals surface area contributed by atoms with Gasteiger partial charge in [0, 0.05) is 6.04 Å². The molecule has 0 aromatic carbocycles. The Morgan fingerprint density at radius 2 is 1.64 bits per heavy atom. The summed E-state index contributed by atoms with van der Waals surface area (Å²) < 4.78 is 0. The molecular weight excluding hydrogens is 184 g/mol. The van der Waals surface area contributed by atoms with Crippen molar-refractivity contribution in [3.05, 3.63) is 0 Å². The van der Waals surface area contributed by atoms with Gasteiger partial charge in [-0.25, -0.2) is 0 Å². The lowest BCUT2D eigenvalue weighted by Crippen LogP contribution is -2.37. The highest BCUT2D eigenvalue weighted by Gasteiger charge is 2.17. The van der Waals surface area contributed by atoms with Crippen molar-refractivity contribution in [3.63, 3.8) is 0 Å². The first kappa shape index (κ1) is 13.8. The van der Waals surface area contributed by atoms with Gasteiger partial charge in [0.05, 0.1) is 25.4 Å². The predicted molar refractivity (Wildman–Crippen MR) is 54.6 cm³/mol. The highest BCUT2D eigenvalue weighted by Crippen LogP contribution is 2.15. The molecule has 0 aromatic heterocycles. The molecule has 7 N–H and O–H groups in total. The molecule has 1 aliphatic carbocycles. The van der Waals surface area contributed by atoms with E-state index in [4.69, 9.17) is 26.8 Å². The van der Waals surface area contributed by atoms with E-state index in [2.05, 4.69) is 0 Å². The third-order valence-electron chi connectivity index (χ3n) is 2.25. The van der Waals surface area contributed by atoms with Gasteiger partial charge in [0.25, 0.3) is 0 Å². The molecule has 5 heteroatoms. The second kappa shape index (κ2) is 8.14. The minimum Gasteiger partial charge on any atom is -0.395 e. The van der Waals surface area contributed by atoms with E-state index in [-0.39, 0.29) is 25.4 Å². The van der Waals surface area contributed by atoms with Crippen LogP contribution in [0.15, 0.2) is 0 Å². The van der Waals surface area contributed by atoms with E-state index in [1.165, 1.54) is 6.42 Å². The largest absolute Gasteiger partial charge is 0.395 e. The van der Waals surface area contributed by atoms with Crippen LogP contribution in [0.4, 0.5) is 0 Å². The molecule has 0 saturated heterocycles. The van der Waals surface area contributed by atoms with E-state index >= 15 is 0 Å². The second-order valence-electron chi connectivity index (χ2n) is 3.64. The molecule has 0 aromatic rings. The SMILES string of the molecule is NC(CO)CO.NC1CCCCC1O. The Morgan fingerprint density at radius 1 is 1.14 bits per heavy atom. The van der Waals surface area contributed by atoms with Crippen molar-refractivity contribution in [2.45, 2.75) is 43.9 Å². The van der Waals surface area contributed by atoms with Gasteiger partial charge in [-0.15, -0.1) is 0 Å². The lowest BCUT2D eigenvalue weighted by atomic mass is 9.94. The molecule has 1 saturated carbocycles. The van der Waals surface area contributed by atoms with E-state index in [0.717, 1.165) is 19.3 Å². The Morgan fingerprint density at radius 3 is 1.86 bits per heavy atom. The maximum atomic E-state index is 9.05. The van der Waals surface area contributed by atoms with Crippen LogP contribution in [0.1, 0.15) is 25.7 Å². The number of hydrogen-bond acceptors (Lipinski definition) is 5. The summed E-state index contributed by atoms with van der Waals surface area (Å²) >= 11 is 0. The van der Waals surface area contributed by atoms with E-state index in [1.807, 2.05) is 0 Å². The minimum absolute atomic E-state index is 0.0590. The zero-order valence-electron chi connectivity index (χ0n) is 8.47. The first-order valence-electron chi connectivity index (χ1n) is 5.02. The van der Waals surface area contributed by atoms with Gasteiger partial charge in [0.1, 0.15) is 0 Å². The number of aliphatic hydroxyl groups excluding tert-OH is 3. The molecule has 5 nitrogen and oxygen atoms in total. The van der Waals surface area contributed by atoms with Crippen LogP contribution >= 0.6 is 0 Å². The van der Waals surface area contributed by atoms with Crippen molar-refractivity contribution in [3.8, 4) is 0 Å². The summed E-state index contributed by atoms with van der Waals surface area (Å²) in [7, 11) is 0. The first-order valence-corrected chi connectivity index (χ1v) is 5.02. The smallest absolute Gasteiger partial charge is 0.0691 e. The van der Waals surface area contributed by atoms with Crippen LogP contribution in [-0.2, 0) is 0 Å². The lowest BCUT2D eigenvalue weighted by Gasteiger charge is -2.23. The Hall–Kier alpha value is -0.200. The molecule has 0 spiro atoms. The van der Waals surface area contributed by atoms with Crippen molar-refractivity contribution in [2.24, 2.45) is 11.5 Å². The average molecular weight is 206 g/mol. The fraction of sp³-hybridized carbons (Fsp3) is 1.00. The minimum atomic E-state index is -0.454. The molecule has 0 radical (unpaired) electrons. The maximum absolute atomic E-state index is 9.05. The number of aliphatic hydroxyl groups is 3. The summed E-state index contributed by atoms with van der Waals surface area (Å²) in [6.45, 7) is -0.285. The molecular formula is C9H22N2O3. The van der Waals surface area contributed by atoms with Gasteiger partial charge in [0.15, 0.2) is 0 Å². The molecule has 2 unspecified atom stereocenters. The zero-order chi connectivity index (χ0) is 11.0. The number of nitrogens with two attached hydrogens (primary N) is 2. The molecule has 0 heterocycles. The van der Waals surface area contributed by atoms with Crippen LogP contribution in [0.25, 0.3) is 0 Å². The van der Waals surface area contributed by atoms with Crippen LogP contribution in [-0.4, -0.2) is 46.7 Å². The van der Waals surface area contributed by atoms with Crippen LogP contribution in [0.5, 0.6) is 0 Å². The summed E-state index contributed by atoms with van der Waals surface area (Å²) in [5, 5.41) is 25.2. The van der Waals surface area contributed by atoms with E-state index in [9.17, 15) is 0 Å². The summed E-state index contributed by atoms with van der Waals surface area (Å²) in [4.78, 5) is 0. The molecule has 0 amide bonds. The van der Waals surface area contributed by atoms with Gasteiger partial charge in [-0.3, -0.25) is 0 Å². The normalized spacial score (nSPS) is 27.0. The van der Waals surface area contributed by atoms with Crippen LogP contribution in [0.2, 0.25) is 0 Å². The van der Waals surface area contributed by atoms with Crippen LogP contribution < -0.4 is 11.5 Å². The van der Waals surface area contributed by atoms with Crippen molar-refractivity contribution >= 4 is 0 Å². The van der Waals surface area contributed by atoms with E-state index in [1.54, 1.807) is 0 Å². The molecule has 0 aliphatic heterocycles. The van der Waals surface area contributed by atoms with Gasteiger partial charge >= 0.3 is 0 Å². The Bertz CT molecular complexity index is 121. The Kier molecular flexibility index (Phi) is 8.02. The Balaban J connectivity index is 0.000000255. The third-order valence-corrected chi connectivity index (χ3v) is 2.25. The molecule has 1 rings (SSSR count). The fourth-order valence-corrected chi connectivity index (χ4v) is 1.20.